The number of aromatic carboxylic acids is 1. The molecule has 100 valence electrons. The third-order valence-corrected chi connectivity index (χ3v) is 4.57. The Morgan fingerprint density at radius 1 is 1.56 bits per heavy atom. The summed E-state index contributed by atoms with van der Waals surface area (Å²) < 4.78 is 5.35. The van der Waals surface area contributed by atoms with Gasteiger partial charge in [-0.25, -0.2) is 4.79 Å². The van der Waals surface area contributed by atoms with Gasteiger partial charge in [-0.05, 0) is 31.4 Å². The van der Waals surface area contributed by atoms with Crippen LogP contribution < -0.4 is 0 Å². The normalized spacial score (nSPS) is 18.1. The van der Waals surface area contributed by atoms with E-state index in [9.17, 15) is 4.79 Å². The lowest BCUT2D eigenvalue weighted by Crippen LogP contribution is -2.36. The largest absolute Gasteiger partial charge is 0.477 e. The van der Waals surface area contributed by atoms with E-state index in [0.717, 1.165) is 42.9 Å². The number of ether oxygens (including phenoxy) is 1. The lowest BCUT2D eigenvalue weighted by molar-refractivity contribution is 0.0388. The lowest BCUT2D eigenvalue weighted by atomic mass is 10.1. The molecule has 0 aromatic carbocycles. The summed E-state index contributed by atoms with van der Waals surface area (Å²) in [5.74, 6) is -0.826. The van der Waals surface area contributed by atoms with Crippen molar-refractivity contribution >= 4 is 17.3 Å². The molecule has 18 heavy (non-hydrogen) atoms. The van der Waals surface area contributed by atoms with E-state index in [4.69, 9.17) is 9.84 Å². The van der Waals surface area contributed by atoms with Crippen molar-refractivity contribution in [3.63, 3.8) is 0 Å². The Morgan fingerprint density at radius 3 is 2.72 bits per heavy atom. The smallest absolute Gasteiger partial charge is 0.345 e. The van der Waals surface area contributed by atoms with Gasteiger partial charge < -0.3 is 9.84 Å². The number of carbonyl (C=O) groups is 1. The maximum Gasteiger partial charge on any atom is 0.345 e. The van der Waals surface area contributed by atoms with Gasteiger partial charge in [0.1, 0.15) is 4.88 Å². The first-order chi connectivity index (χ1) is 8.60. The fourth-order valence-electron chi connectivity index (χ4n) is 2.33. The molecule has 2 rings (SSSR count). The Hall–Kier alpha value is -0.910. The maximum absolute atomic E-state index is 10.9. The van der Waals surface area contributed by atoms with Gasteiger partial charge in [0.25, 0.3) is 0 Å². The molecular weight excluding hydrogens is 250 g/mol. The lowest BCUT2D eigenvalue weighted by Gasteiger charge is -2.31. The van der Waals surface area contributed by atoms with Crippen molar-refractivity contribution in [2.24, 2.45) is 0 Å². The van der Waals surface area contributed by atoms with Crippen molar-refractivity contribution in [3.05, 3.63) is 21.4 Å². The molecule has 5 heteroatoms. The molecular formula is C13H19NO3S. The van der Waals surface area contributed by atoms with Crippen LogP contribution in [0.25, 0.3) is 0 Å². The average Bonchev–Trinajstić information content (AvgIpc) is 2.72. The number of piperidine rings is 1. The molecule has 2 heterocycles. The monoisotopic (exact) mass is 269 g/mol. The van der Waals surface area contributed by atoms with Crippen LogP contribution in [0.2, 0.25) is 0 Å². The summed E-state index contributed by atoms with van der Waals surface area (Å²) in [5, 5.41) is 8.98. The van der Waals surface area contributed by atoms with Gasteiger partial charge in [0.05, 0.1) is 6.10 Å². The molecule has 1 saturated heterocycles. The van der Waals surface area contributed by atoms with Crippen LogP contribution in [-0.4, -0.2) is 42.3 Å². The van der Waals surface area contributed by atoms with Crippen LogP contribution in [-0.2, 0) is 11.3 Å². The first-order valence-corrected chi connectivity index (χ1v) is 6.99. The number of likely N-dealkylation sites (tertiary alicyclic amines) is 1. The van der Waals surface area contributed by atoms with E-state index >= 15 is 0 Å². The first-order valence-electron chi connectivity index (χ1n) is 6.18. The van der Waals surface area contributed by atoms with Gasteiger partial charge in [-0.3, -0.25) is 4.90 Å². The minimum absolute atomic E-state index is 0.388. The summed E-state index contributed by atoms with van der Waals surface area (Å²) in [5.41, 5.74) is 1.15. The standard InChI is InChI=1S/C13H19NO3S/c1-9-10(7-12(18-9)13(15)16)8-14-5-3-11(17-2)4-6-14/h7,11H,3-6,8H2,1-2H3,(H,15,16). The summed E-state index contributed by atoms with van der Waals surface area (Å²) in [6.07, 6.45) is 2.51. The van der Waals surface area contributed by atoms with Crippen LogP contribution >= 0.6 is 11.3 Å². The van der Waals surface area contributed by atoms with E-state index in [-0.39, 0.29) is 0 Å². The van der Waals surface area contributed by atoms with Crippen LogP contribution in [0.15, 0.2) is 6.07 Å². The molecule has 0 atom stereocenters. The predicted molar refractivity (Wildman–Crippen MR) is 71.3 cm³/mol. The van der Waals surface area contributed by atoms with Crippen molar-refractivity contribution in [1.82, 2.24) is 4.90 Å². The van der Waals surface area contributed by atoms with Gasteiger partial charge in [0.2, 0.25) is 0 Å². The van der Waals surface area contributed by atoms with Crippen LogP contribution in [0.3, 0.4) is 0 Å². The van der Waals surface area contributed by atoms with Gasteiger partial charge in [0.15, 0.2) is 0 Å². The highest BCUT2D eigenvalue weighted by molar-refractivity contribution is 7.14. The number of thiophene rings is 1. The highest BCUT2D eigenvalue weighted by Crippen LogP contribution is 2.24. The van der Waals surface area contributed by atoms with Crippen LogP contribution in [0, 0.1) is 6.92 Å². The molecule has 0 radical (unpaired) electrons. The first kappa shape index (κ1) is 13.5. The van der Waals surface area contributed by atoms with Crippen molar-refractivity contribution in [2.45, 2.75) is 32.4 Å². The van der Waals surface area contributed by atoms with E-state index < -0.39 is 5.97 Å². The summed E-state index contributed by atoms with van der Waals surface area (Å²) in [6.45, 7) is 4.90. The topological polar surface area (TPSA) is 49.8 Å². The van der Waals surface area contributed by atoms with Gasteiger partial charge in [-0.15, -0.1) is 11.3 Å². The number of hydrogen-bond acceptors (Lipinski definition) is 4. The van der Waals surface area contributed by atoms with Crippen LogP contribution in [0.1, 0.15) is 33.0 Å². The minimum atomic E-state index is -0.826. The minimum Gasteiger partial charge on any atom is -0.477 e. The zero-order valence-corrected chi connectivity index (χ0v) is 11.6. The Bertz CT molecular complexity index is 422. The molecule has 1 aliphatic rings. The van der Waals surface area contributed by atoms with Gasteiger partial charge in [0, 0.05) is 31.6 Å². The van der Waals surface area contributed by atoms with E-state index in [1.165, 1.54) is 11.3 Å². The summed E-state index contributed by atoms with van der Waals surface area (Å²) in [7, 11) is 1.77. The van der Waals surface area contributed by atoms with Crippen LogP contribution in [0.4, 0.5) is 0 Å². The number of rotatable bonds is 4. The molecule has 0 amide bonds. The molecule has 1 N–H and O–H groups in total. The van der Waals surface area contributed by atoms with E-state index in [0.29, 0.717) is 11.0 Å². The van der Waals surface area contributed by atoms with Gasteiger partial charge >= 0.3 is 5.97 Å². The fourth-order valence-corrected chi connectivity index (χ4v) is 3.20. The quantitative estimate of drug-likeness (QED) is 0.911. The number of nitrogens with zero attached hydrogens (tertiary/aromatic N) is 1. The molecule has 1 aromatic heterocycles. The van der Waals surface area contributed by atoms with Crippen molar-refractivity contribution in [2.75, 3.05) is 20.2 Å². The SMILES string of the molecule is COC1CCN(Cc2cc(C(=O)O)sc2C)CC1. The third kappa shape index (κ3) is 3.10. The van der Waals surface area contributed by atoms with Gasteiger partial charge in [-0.1, -0.05) is 0 Å². The zero-order chi connectivity index (χ0) is 13.1. The van der Waals surface area contributed by atoms with Crippen molar-refractivity contribution in [3.8, 4) is 0 Å². The zero-order valence-electron chi connectivity index (χ0n) is 10.8. The van der Waals surface area contributed by atoms with E-state index in [1.807, 2.05) is 13.0 Å². The molecule has 0 spiro atoms. The molecule has 0 unspecified atom stereocenters. The number of hydrogen-bond donors (Lipinski definition) is 1. The molecule has 1 aliphatic heterocycles. The Balaban J connectivity index is 1.96. The third-order valence-electron chi connectivity index (χ3n) is 3.49. The van der Waals surface area contributed by atoms with Gasteiger partial charge in [-0.2, -0.15) is 0 Å². The second-order valence-corrected chi connectivity index (χ2v) is 5.96. The highest BCUT2D eigenvalue weighted by atomic mass is 32.1. The van der Waals surface area contributed by atoms with E-state index in [1.54, 1.807) is 7.11 Å². The Morgan fingerprint density at radius 2 is 2.22 bits per heavy atom. The second-order valence-electron chi connectivity index (χ2n) is 4.71. The number of carboxylic acid groups (broad SMARTS) is 1. The van der Waals surface area contributed by atoms with Crippen molar-refractivity contribution in [1.29, 1.82) is 0 Å². The van der Waals surface area contributed by atoms with E-state index in [2.05, 4.69) is 4.90 Å². The number of carboxylic acids is 1. The summed E-state index contributed by atoms with van der Waals surface area (Å²) in [6, 6.07) is 1.81. The predicted octanol–water partition coefficient (Wildman–Crippen LogP) is 2.37. The highest BCUT2D eigenvalue weighted by Gasteiger charge is 2.20. The summed E-state index contributed by atoms with van der Waals surface area (Å²) in [4.78, 5) is 14.8. The number of methoxy groups -OCH3 is 1. The second kappa shape index (κ2) is 5.82. The number of aryl methyl sites for hydroxylation is 1. The molecule has 1 fully saturated rings. The summed E-state index contributed by atoms with van der Waals surface area (Å²) >= 11 is 1.37. The molecule has 4 nitrogen and oxygen atoms in total. The maximum atomic E-state index is 10.9. The average molecular weight is 269 g/mol. The molecule has 0 bridgehead atoms. The van der Waals surface area contributed by atoms with Crippen LogP contribution in [0.5, 0.6) is 0 Å². The Labute approximate surface area is 111 Å². The molecule has 1 aromatic rings. The molecule has 0 aliphatic carbocycles. The fraction of sp³-hybridized carbons (Fsp3) is 0.615. The Kier molecular flexibility index (Phi) is 4.37. The van der Waals surface area contributed by atoms with Crippen molar-refractivity contribution < 1.29 is 14.6 Å². The molecule has 0 saturated carbocycles.